The van der Waals surface area contributed by atoms with E-state index in [2.05, 4.69) is 10.4 Å². The van der Waals surface area contributed by atoms with Gasteiger partial charge < -0.3 is 15.1 Å². The fourth-order valence-corrected chi connectivity index (χ4v) is 7.00. The summed E-state index contributed by atoms with van der Waals surface area (Å²) in [4.78, 5) is 62.4. The Morgan fingerprint density at radius 3 is 2.41 bits per heavy atom. The minimum atomic E-state index is -0.547. The highest BCUT2D eigenvalue weighted by Crippen LogP contribution is 2.34. The highest BCUT2D eigenvalue weighted by Gasteiger charge is 2.35. The van der Waals surface area contributed by atoms with E-state index in [1.54, 1.807) is 14.5 Å². The molecule has 0 radical (unpaired) electrons. The Kier molecular flexibility index (Phi) is 9.71. The van der Waals surface area contributed by atoms with Crippen LogP contribution in [0.3, 0.4) is 0 Å². The normalized spacial score (nSPS) is 21.5. The molecule has 46 heavy (non-hydrogen) atoms. The van der Waals surface area contributed by atoms with Crippen molar-refractivity contribution in [3.63, 3.8) is 0 Å². The lowest BCUT2D eigenvalue weighted by molar-refractivity contribution is -0.143. The number of aryl methyl sites for hydroxylation is 1. The zero-order valence-corrected chi connectivity index (χ0v) is 26.5. The molecule has 1 N–H and O–H groups in total. The highest BCUT2D eigenvalue weighted by molar-refractivity contribution is 6.10. The molecule has 240 valence electrons. The van der Waals surface area contributed by atoms with Crippen molar-refractivity contribution < 1.29 is 19.2 Å². The summed E-state index contributed by atoms with van der Waals surface area (Å²) in [6, 6.07) is 18.7. The predicted octanol–water partition coefficient (Wildman–Crippen LogP) is 4.20. The third kappa shape index (κ3) is 7.11. The quantitative estimate of drug-likeness (QED) is 0.456. The van der Waals surface area contributed by atoms with Crippen LogP contribution in [0, 0.1) is 6.92 Å². The molecule has 0 spiro atoms. The van der Waals surface area contributed by atoms with Crippen molar-refractivity contribution in [2.45, 2.75) is 83.3 Å². The van der Waals surface area contributed by atoms with E-state index in [1.807, 2.05) is 67.6 Å². The highest BCUT2D eigenvalue weighted by atomic mass is 16.2. The van der Waals surface area contributed by atoms with Crippen molar-refractivity contribution in [3.8, 4) is 0 Å². The van der Waals surface area contributed by atoms with Crippen LogP contribution in [-0.2, 0) is 32.1 Å². The lowest BCUT2D eigenvalue weighted by Gasteiger charge is -2.36. The molecule has 10 heteroatoms. The van der Waals surface area contributed by atoms with Gasteiger partial charge in [-0.05, 0) is 62.1 Å². The summed E-state index contributed by atoms with van der Waals surface area (Å²) in [5, 5.41) is 7.92. The molecule has 6 rings (SSSR count). The van der Waals surface area contributed by atoms with Crippen molar-refractivity contribution in [3.05, 3.63) is 89.0 Å². The second kappa shape index (κ2) is 14.2. The summed E-state index contributed by atoms with van der Waals surface area (Å²) in [6.45, 7) is 3.43. The number of rotatable bonds is 5. The van der Waals surface area contributed by atoms with Crippen molar-refractivity contribution in [1.29, 1.82) is 0 Å². The van der Waals surface area contributed by atoms with Crippen LogP contribution >= 0.6 is 0 Å². The van der Waals surface area contributed by atoms with E-state index in [9.17, 15) is 19.2 Å². The van der Waals surface area contributed by atoms with Crippen LogP contribution in [-0.4, -0.2) is 73.7 Å². The molecule has 1 aliphatic carbocycles. The Morgan fingerprint density at radius 2 is 1.63 bits per heavy atom. The Morgan fingerprint density at radius 1 is 0.870 bits per heavy atom. The molecule has 2 aliphatic heterocycles. The molecule has 3 amide bonds. The molecule has 1 saturated heterocycles. The number of ketones is 1. The second-order valence-corrected chi connectivity index (χ2v) is 12.5. The fraction of sp³-hybridized carbons (Fsp3) is 0.444. The van der Waals surface area contributed by atoms with E-state index in [0.717, 1.165) is 29.5 Å². The molecule has 2 aromatic carbocycles. The van der Waals surface area contributed by atoms with Gasteiger partial charge in [-0.15, -0.1) is 0 Å². The molecule has 0 saturated carbocycles. The summed E-state index contributed by atoms with van der Waals surface area (Å²) in [5.41, 5.74) is 3.55. The predicted molar refractivity (Wildman–Crippen MR) is 173 cm³/mol. The molecule has 10 nitrogen and oxygen atoms in total. The largest absolute Gasteiger partial charge is 0.344 e. The lowest BCUT2D eigenvalue weighted by Crippen LogP contribution is -2.53. The maximum atomic E-state index is 13.9. The number of nitrogens with zero attached hydrogens (tertiary/aromatic N) is 5. The topological polar surface area (TPSA) is 118 Å². The Hall–Kier alpha value is -4.60. The third-order valence-electron chi connectivity index (χ3n) is 9.35. The zero-order valence-electron chi connectivity index (χ0n) is 26.5. The van der Waals surface area contributed by atoms with Gasteiger partial charge in [-0.2, -0.15) is 5.10 Å². The number of amides is 3. The van der Waals surface area contributed by atoms with Gasteiger partial charge in [0.05, 0.1) is 19.0 Å². The number of carbonyl (C=O) groups is 4. The number of hydrogen-bond acceptors (Lipinski definition) is 6. The van der Waals surface area contributed by atoms with Gasteiger partial charge in [0.25, 0.3) is 0 Å². The summed E-state index contributed by atoms with van der Waals surface area (Å²) >= 11 is 0. The van der Waals surface area contributed by atoms with Crippen molar-refractivity contribution in [2.75, 3.05) is 19.6 Å². The Bertz CT molecular complexity index is 1620. The van der Waals surface area contributed by atoms with E-state index >= 15 is 0 Å². The first-order valence-corrected chi connectivity index (χ1v) is 16.5. The van der Waals surface area contributed by atoms with E-state index in [0.29, 0.717) is 75.5 Å². The standard InChI is InChI=1S/C36H42N6O4/c1-25-37-35-30(23-26-11-4-2-5-12-26)38-36(46)31-15-8-9-20-41(31)33(44)16-10-19-40(21-22-42(35)39-25)34(45)24-29-28(17-18-32(29)43)27-13-6-3-7-14-27/h2-7,11-14,30-31H,8-10,15-24H2,1H3,(H,38,46)/t30-,31+/m1/s1. The van der Waals surface area contributed by atoms with Crippen LogP contribution in [0.2, 0.25) is 0 Å². The molecule has 1 fully saturated rings. The van der Waals surface area contributed by atoms with E-state index in [-0.39, 0.29) is 36.3 Å². The summed E-state index contributed by atoms with van der Waals surface area (Å²) in [5.74, 6) is 0.846. The minimum absolute atomic E-state index is 0.0225. The van der Waals surface area contributed by atoms with Crippen LogP contribution < -0.4 is 5.32 Å². The molecule has 0 bridgehead atoms. The molecule has 2 atom stereocenters. The van der Waals surface area contributed by atoms with E-state index in [4.69, 9.17) is 4.98 Å². The number of aromatic nitrogens is 3. The SMILES string of the molecule is Cc1nc2n(n1)CCN(C(=O)CC1=C(c3ccccc3)CCC1=O)CCCC(=O)N1CCCC[C@H]1C(=O)N[C@@H]2Cc1ccccc1. The van der Waals surface area contributed by atoms with Crippen molar-refractivity contribution in [2.24, 2.45) is 0 Å². The monoisotopic (exact) mass is 622 g/mol. The first-order valence-electron chi connectivity index (χ1n) is 16.5. The summed E-state index contributed by atoms with van der Waals surface area (Å²) < 4.78 is 1.80. The molecular weight excluding hydrogens is 580 g/mol. The molecule has 3 aromatic rings. The number of benzene rings is 2. The molecule has 3 aliphatic rings. The van der Waals surface area contributed by atoms with Gasteiger partial charge in [-0.25, -0.2) is 9.67 Å². The maximum Gasteiger partial charge on any atom is 0.243 e. The molecule has 3 heterocycles. The first-order chi connectivity index (χ1) is 22.4. The number of hydrogen-bond donors (Lipinski definition) is 1. The number of allylic oxidation sites excluding steroid dienone is 1. The number of Topliss-reactive ketones (excluding diaryl/α,β-unsaturated/α-hetero) is 1. The van der Waals surface area contributed by atoms with Crippen LogP contribution in [0.4, 0.5) is 0 Å². The van der Waals surface area contributed by atoms with Gasteiger partial charge in [0.15, 0.2) is 5.78 Å². The van der Waals surface area contributed by atoms with Crippen molar-refractivity contribution in [1.82, 2.24) is 29.9 Å². The average molecular weight is 623 g/mol. The van der Waals surface area contributed by atoms with Crippen LogP contribution in [0.5, 0.6) is 0 Å². The lowest BCUT2D eigenvalue weighted by atomic mass is 9.98. The van der Waals surface area contributed by atoms with Gasteiger partial charge in [0, 0.05) is 38.0 Å². The van der Waals surface area contributed by atoms with Gasteiger partial charge in [-0.3, -0.25) is 19.2 Å². The number of fused-ring (bicyclic) bond motifs is 2. The minimum Gasteiger partial charge on any atom is -0.344 e. The fourth-order valence-electron chi connectivity index (χ4n) is 7.00. The second-order valence-electron chi connectivity index (χ2n) is 12.5. The van der Waals surface area contributed by atoms with Gasteiger partial charge in [0.2, 0.25) is 17.7 Å². The first kappa shape index (κ1) is 31.4. The van der Waals surface area contributed by atoms with Crippen LogP contribution in [0.1, 0.15) is 80.2 Å². The molecular formula is C36H42N6O4. The van der Waals surface area contributed by atoms with Gasteiger partial charge in [-0.1, -0.05) is 60.7 Å². The summed E-state index contributed by atoms with van der Waals surface area (Å²) in [7, 11) is 0. The number of nitrogens with one attached hydrogen (secondary N) is 1. The number of piperidine rings is 1. The van der Waals surface area contributed by atoms with Gasteiger partial charge in [0.1, 0.15) is 17.7 Å². The van der Waals surface area contributed by atoms with Crippen molar-refractivity contribution >= 4 is 29.1 Å². The van der Waals surface area contributed by atoms with Crippen LogP contribution in [0.15, 0.2) is 66.2 Å². The maximum absolute atomic E-state index is 13.9. The molecule has 1 aromatic heterocycles. The van der Waals surface area contributed by atoms with E-state index in [1.165, 1.54) is 0 Å². The smallest absolute Gasteiger partial charge is 0.243 e. The van der Waals surface area contributed by atoms with Crippen LogP contribution in [0.25, 0.3) is 5.57 Å². The van der Waals surface area contributed by atoms with E-state index < -0.39 is 12.1 Å². The average Bonchev–Trinajstić information content (AvgIpc) is 3.63. The zero-order chi connectivity index (χ0) is 32.0. The third-order valence-corrected chi connectivity index (χ3v) is 9.35. The summed E-state index contributed by atoms with van der Waals surface area (Å²) in [6.07, 6.45) is 4.63. The Labute approximate surface area is 269 Å². The number of carbonyl (C=O) groups excluding carboxylic acids is 4. The Balaban J connectivity index is 1.31. The molecule has 0 unspecified atom stereocenters. The van der Waals surface area contributed by atoms with Gasteiger partial charge >= 0.3 is 0 Å².